The van der Waals surface area contributed by atoms with Crippen molar-refractivity contribution < 1.29 is 0 Å². The van der Waals surface area contributed by atoms with E-state index in [1.807, 2.05) is 0 Å². The maximum absolute atomic E-state index is 6.10. The third-order valence-electron chi connectivity index (χ3n) is 2.11. The van der Waals surface area contributed by atoms with Crippen molar-refractivity contribution in [2.24, 2.45) is 0 Å². The number of unbranched alkanes of at least 4 members (excludes halogenated alkanes) is 1. The van der Waals surface area contributed by atoms with E-state index in [0.29, 0.717) is 10.8 Å². The molecule has 74 valence electrons. The molecule has 0 fully saturated rings. The van der Waals surface area contributed by atoms with Gasteiger partial charge in [-0.25, -0.2) is 0 Å². The first-order valence-corrected chi connectivity index (χ1v) is 5.86. The molecule has 0 aliphatic carbocycles. The summed E-state index contributed by atoms with van der Waals surface area (Å²) in [6.45, 7) is 4.31. The molecule has 0 spiro atoms. The Kier molecular flexibility index (Phi) is 8.59. The summed E-state index contributed by atoms with van der Waals surface area (Å²) in [5, 5.41) is 0.672. The number of halogens is 2. The van der Waals surface area contributed by atoms with Gasteiger partial charge in [-0.05, 0) is 25.7 Å². The van der Waals surface area contributed by atoms with Crippen LogP contribution in [0.4, 0.5) is 0 Å². The van der Waals surface area contributed by atoms with Crippen molar-refractivity contribution >= 4 is 23.2 Å². The SMILES string of the molecule is CCCCC(Cl)CCC(Cl)CC. The fourth-order valence-electron chi connectivity index (χ4n) is 1.14. The standard InChI is InChI=1S/C10H20Cl2/c1-3-5-6-10(12)8-7-9(11)4-2/h9-10H,3-8H2,1-2H3. The smallest absolute Gasteiger partial charge is 0.0336 e. The molecule has 0 aromatic carbocycles. The summed E-state index contributed by atoms with van der Waals surface area (Å²) in [7, 11) is 0. The van der Waals surface area contributed by atoms with Gasteiger partial charge in [0, 0.05) is 10.8 Å². The van der Waals surface area contributed by atoms with E-state index >= 15 is 0 Å². The summed E-state index contributed by atoms with van der Waals surface area (Å²) in [6, 6.07) is 0. The van der Waals surface area contributed by atoms with Crippen LogP contribution in [0.1, 0.15) is 52.4 Å². The van der Waals surface area contributed by atoms with Crippen LogP contribution in [0.15, 0.2) is 0 Å². The summed E-state index contributed by atoms with van der Waals surface area (Å²) in [5.74, 6) is 0. The predicted molar refractivity (Wildman–Crippen MR) is 58.3 cm³/mol. The average molecular weight is 211 g/mol. The molecule has 2 unspecified atom stereocenters. The molecule has 0 amide bonds. The highest BCUT2D eigenvalue weighted by Crippen LogP contribution is 2.17. The van der Waals surface area contributed by atoms with Gasteiger partial charge in [-0.3, -0.25) is 0 Å². The van der Waals surface area contributed by atoms with Crippen molar-refractivity contribution in [1.29, 1.82) is 0 Å². The molecule has 0 aromatic rings. The molecule has 0 rings (SSSR count). The van der Waals surface area contributed by atoms with Gasteiger partial charge in [0.15, 0.2) is 0 Å². The maximum atomic E-state index is 6.10. The summed E-state index contributed by atoms with van der Waals surface area (Å²) in [6.07, 6.45) is 6.82. The minimum Gasteiger partial charge on any atom is -0.123 e. The number of rotatable bonds is 7. The third kappa shape index (κ3) is 7.24. The highest BCUT2D eigenvalue weighted by Gasteiger charge is 2.07. The molecule has 0 radical (unpaired) electrons. The van der Waals surface area contributed by atoms with Gasteiger partial charge >= 0.3 is 0 Å². The van der Waals surface area contributed by atoms with Crippen LogP contribution in [0.2, 0.25) is 0 Å². The molecule has 0 saturated carbocycles. The lowest BCUT2D eigenvalue weighted by Crippen LogP contribution is -2.03. The Morgan fingerprint density at radius 1 is 0.917 bits per heavy atom. The van der Waals surface area contributed by atoms with E-state index in [1.165, 1.54) is 12.8 Å². The average Bonchev–Trinajstić information content (AvgIpc) is 2.10. The van der Waals surface area contributed by atoms with E-state index in [-0.39, 0.29) is 0 Å². The van der Waals surface area contributed by atoms with Crippen molar-refractivity contribution in [2.75, 3.05) is 0 Å². The lowest BCUT2D eigenvalue weighted by molar-refractivity contribution is 0.596. The lowest BCUT2D eigenvalue weighted by atomic mass is 10.1. The minimum absolute atomic E-state index is 0.327. The Bertz CT molecular complexity index is 93.8. The van der Waals surface area contributed by atoms with Gasteiger partial charge in [-0.1, -0.05) is 26.7 Å². The fraction of sp³-hybridized carbons (Fsp3) is 1.00. The van der Waals surface area contributed by atoms with E-state index in [0.717, 1.165) is 25.7 Å². The quantitative estimate of drug-likeness (QED) is 0.540. The van der Waals surface area contributed by atoms with Gasteiger partial charge in [0.1, 0.15) is 0 Å². The van der Waals surface area contributed by atoms with Crippen molar-refractivity contribution in [3.63, 3.8) is 0 Å². The van der Waals surface area contributed by atoms with Crippen molar-refractivity contribution in [1.82, 2.24) is 0 Å². The largest absolute Gasteiger partial charge is 0.123 e. The molecule has 2 heteroatoms. The predicted octanol–water partition coefficient (Wildman–Crippen LogP) is 4.58. The molecule has 2 atom stereocenters. The third-order valence-corrected chi connectivity index (χ3v) is 3.07. The molecule has 0 saturated heterocycles. The van der Waals surface area contributed by atoms with Gasteiger partial charge in [0.25, 0.3) is 0 Å². The summed E-state index contributed by atoms with van der Waals surface area (Å²) in [4.78, 5) is 0. The molecule has 12 heavy (non-hydrogen) atoms. The Hall–Kier alpha value is 0.580. The van der Waals surface area contributed by atoms with Crippen LogP contribution in [0.5, 0.6) is 0 Å². The Morgan fingerprint density at radius 3 is 2.00 bits per heavy atom. The van der Waals surface area contributed by atoms with E-state index in [9.17, 15) is 0 Å². The van der Waals surface area contributed by atoms with Crippen LogP contribution < -0.4 is 0 Å². The summed E-state index contributed by atoms with van der Waals surface area (Å²) < 4.78 is 0. The Balaban J connectivity index is 3.24. The van der Waals surface area contributed by atoms with E-state index < -0.39 is 0 Å². The van der Waals surface area contributed by atoms with E-state index in [2.05, 4.69) is 13.8 Å². The van der Waals surface area contributed by atoms with Crippen LogP contribution in [0.25, 0.3) is 0 Å². The normalized spacial score (nSPS) is 16.0. The van der Waals surface area contributed by atoms with Crippen LogP contribution in [-0.2, 0) is 0 Å². The first-order chi connectivity index (χ1) is 5.70. The molecule has 0 N–H and O–H groups in total. The van der Waals surface area contributed by atoms with Crippen molar-refractivity contribution in [3.8, 4) is 0 Å². The zero-order valence-electron chi connectivity index (χ0n) is 8.15. The first-order valence-electron chi connectivity index (χ1n) is 4.98. The summed E-state index contributed by atoms with van der Waals surface area (Å²) >= 11 is 12.1. The Morgan fingerprint density at radius 2 is 1.50 bits per heavy atom. The molecule has 0 aromatic heterocycles. The van der Waals surface area contributed by atoms with Gasteiger partial charge in [-0.2, -0.15) is 0 Å². The van der Waals surface area contributed by atoms with Gasteiger partial charge < -0.3 is 0 Å². The number of hydrogen-bond donors (Lipinski definition) is 0. The van der Waals surface area contributed by atoms with Crippen LogP contribution in [0, 0.1) is 0 Å². The monoisotopic (exact) mass is 210 g/mol. The fourth-order valence-corrected chi connectivity index (χ4v) is 1.54. The second-order valence-electron chi connectivity index (χ2n) is 3.32. The van der Waals surface area contributed by atoms with Crippen LogP contribution in [0.3, 0.4) is 0 Å². The minimum atomic E-state index is 0.327. The molecule has 0 aliphatic rings. The van der Waals surface area contributed by atoms with Crippen LogP contribution >= 0.6 is 23.2 Å². The zero-order chi connectivity index (χ0) is 9.40. The maximum Gasteiger partial charge on any atom is 0.0336 e. The first kappa shape index (κ1) is 12.6. The number of alkyl halides is 2. The molecule has 0 aliphatic heterocycles. The lowest BCUT2D eigenvalue weighted by Gasteiger charge is -2.10. The van der Waals surface area contributed by atoms with Crippen LogP contribution in [-0.4, -0.2) is 10.8 Å². The van der Waals surface area contributed by atoms with Gasteiger partial charge in [-0.15, -0.1) is 23.2 Å². The van der Waals surface area contributed by atoms with Gasteiger partial charge in [0.05, 0.1) is 0 Å². The zero-order valence-corrected chi connectivity index (χ0v) is 9.67. The topological polar surface area (TPSA) is 0 Å². The van der Waals surface area contributed by atoms with E-state index in [4.69, 9.17) is 23.2 Å². The number of hydrogen-bond acceptors (Lipinski definition) is 0. The van der Waals surface area contributed by atoms with E-state index in [1.54, 1.807) is 0 Å². The molecular formula is C10H20Cl2. The second-order valence-corrected chi connectivity index (χ2v) is 4.56. The highest BCUT2D eigenvalue weighted by molar-refractivity contribution is 6.21. The molecule has 0 heterocycles. The van der Waals surface area contributed by atoms with Crippen molar-refractivity contribution in [2.45, 2.75) is 63.1 Å². The second kappa shape index (κ2) is 8.19. The molecular weight excluding hydrogens is 191 g/mol. The molecule has 0 nitrogen and oxygen atoms in total. The molecule has 0 bridgehead atoms. The highest BCUT2D eigenvalue weighted by atomic mass is 35.5. The Labute approximate surface area is 86.6 Å². The van der Waals surface area contributed by atoms with Crippen molar-refractivity contribution in [3.05, 3.63) is 0 Å². The summed E-state index contributed by atoms with van der Waals surface area (Å²) in [5.41, 5.74) is 0. The van der Waals surface area contributed by atoms with Gasteiger partial charge in [0.2, 0.25) is 0 Å².